The van der Waals surface area contributed by atoms with Crippen LogP contribution in [0.2, 0.25) is 0 Å². The number of methoxy groups -OCH3 is 1. The molecule has 0 aromatic heterocycles. The molecule has 0 atom stereocenters. The molecule has 1 aromatic carbocycles. The number of hydrogen-bond acceptors (Lipinski definition) is 3. The molecule has 3 N–H and O–H groups in total. The largest absolute Gasteiger partial charge is 0.507 e. The van der Waals surface area contributed by atoms with E-state index in [2.05, 4.69) is 0 Å². The number of phenols is 1. The van der Waals surface area contributed by atoms with Gasteiger partial charge in [0.15, 0.2) is 0 Å². The molecule has 0 spiro atoms. The zero-order chi connectivity index (χ0) is 9.14. The first-order valence-corrected chi connectivity index (χ1v) is 3.44. The fourth-order valence-electron chi connectivity index (χ4n) is 0.985. The maximum atomic E-state index is 12.7. The first-order chi connectivity index (χ1) is 5.69. The van der Waals surface area contributed by atoms with Crippen molar-refractivity contribution >= 4 is 0 Å². The summed E-state index contributed by atoms with van der Waals surface area (Å²) in [6.07, 6.45) is 0. The molecule has 0 aliphatic heterocycles. The van der Waals surface area contributed by atoms with Crippen LogP contribution in [0.3, 0.4) is 0 Å². The summed E-state index contributed by atoms with van der Waals surface area (Å²) in [4.78, 5) is 0. The molecule has 0 unspecified atom stereocenters. The Hall–Kier alpha value is -1.29. The molecule has 4 heteroatoms. The van der Waals surface area contributed by atoms with Crippen LogP contribution in [0.25, 0.3) is 0 Å². The average Bonchev–Trinajstić information content (AvgIpc) is 2.03. The lowest BCUT2D eigenvalue weighted by atomic mass is 10.1. The molecule has 0 bridgehead atoms. The second-order valence-corrected chi connectivity index (χ2v) is 2.31. The summed E-state index contributed by atoms with van der Waals surface area (Å²) in [5.74, 6) is -0.439. The van der Waals surface area contributed by atoms with Crippen LogP contribution in [0.4, 0.5) is 4.39 Å². The fourth-order valence-corrected chi connectivity index (χ4v) is 0.985. The number of ether oxygens (including phenoxy) is 1. The first-order valence-electron chi connectivity index (χ1n) is 3.44. The van der Waals surface area contributed by atoms with Crippen LogP contribution in [0.5, 0.6) is 11.5 Å². The van der Waals surface area contributed by atoms with Gasteiger partial charge in [-0.05, 0) is 0 Å². The Labute approximate surface area is 69.6 Å². The molecule has 0 aliphatic rings. The van der Waals surface area contributed by atoms with Crippen molar-refractivity contribution in [3.63, 3.8) is 0 Å². The van der Waals surface area contributed by atoms with Crippen LogP contribution in [0.1, 0.15) is 5.56 Å². The monoisotopic (exact) mass is 171 g/mol. The van der Waals surface area contributed by atoms with Gasteiger partial charge in [-0.3, -0.25) is 0 Å². The number of aromatic hydroxyl groups is 1. The quantitative estimate of drug-likeness (QED) is 0.697. The van der Waals surface area contributed by atoms with Crippen molar-refractivity contribution in [1.82, 2.24) is 0 Å². The summed E-state index contributed by atoms with van der Waals surface area (Å²) < 4.78 is 17.5. The van der Waals surface area contributed by atoms with E-state index in [1.807, 2.05) is 0 Å². The van der Waals surface area contributed by atoms with Crippen molar-refractivity contribution in [2.24, 2.45) is 5.73 Å². The molecular weight excluding hydrogens is 161 g/mol. The summed E-state index contributed by atoms with van der Waals surface area (Å²) in [5.41, 5.74) is 5.73. The predicted octanol–water partition coefficient (Wildman–Crippen LogP) is 0.999. The number of hydrogen-bond donors (Lipinski definition) is 2. The maximum Gasteiger partial charge on any atom is 0.130 e. The third-order valence-electron chi connectivity index (χ3n) is 1.57. The van der Waals surface area contributed by atoms with Gasteiger partial charge in [-0.1, -0.05) is 0 Å². The number of phenolic OH excluding ortho intramolecular Hbond substituents is 1. The molecular formula is C8H10FNO2. The fraction of sp³-hybridized carbons (Fsp3) is 0.250. The van der Waals surface area contributed by atoms with E-state index in [9.17, 15) is 9.50 Å². The lowest BCUT2D eigenvalue weighted by Gasteiger charge is -2.07. The SMILES string of the molecule is COc1cc(F)cc(O)c1CN. The van der Waals surface area contributed by atoms with Crippen molar-refractivity contribution in [3.8, 4) is 11.5 Å². The minimum absolute atomic E-state index is 0.120. The van der Waals surface area contributed by atoms with E-state index < -0.39 is 5.82 Å². The first kappa shape index (κ1) is 8.80. The Morgan fingerprint density at radius 2 is 2.25 bits per heavy atom. The van der Waals surface area contributed by atoms with Gasteiger partial charge >= 0.3 is 0 Å². The van der Waals surface area contributed by atoms with E-state index >= 15 is 0 Å². The van der Waals surface area contributed by atoms with Gasteiger partial charge in [0.2, 0.25) is 0 Å². The predicted molar refractivity (Wildman–Crippen MR) is 42.5 cm³/mol. The number of nitrogens with two attached hydrogens (primary N) is 1. The van der Waals surface area contributed by atoms with Crippen molar-refractivity contribution in [2.45, 2.75) is 6.54 Å². The minimum atomic E-state index is -0.540. The molecule has 1 aromatic rings. The van der Waals surface area contributed by atoms with Gasteiger partial charge in [-0.25, -0.2) is 4.39 Å². The highest BCUT2D eigenvalue weighted by Crippen LogP contribution is 2.28. The summed E-state index contributed by atoms with van der Waals surface area (Å²) >= 11 is 0. The molecule has 1 rings (SSSR count). The molecule has 66 valence electrons. The minimum Gasteiger partial charge on any atom is -0.507 e. The zero-order valence-corrected chi connectivity index (χ0v) is 6.67. The second-order valence-electron chi connectivity index (χ2n) is 2.31. The lowest BCUT2D eigenvalue weighted by molar-refractivity contribution is 0.394. The Bertz CT molecular complexity index is 289. The third-order valence-corrected chi connectivity index (χ3v) is 1.57. The molecule has 0 amide bonds. The van der Waals surface area contributed by atoms with Gasteiger partial charge in [0.1, 0.15) is 17.3 Å². The van der Waals surface area contributed by atoms with Crippen molar-refractivity contribution in [2.75, 3.05) is 7.11 Å². The Balaban J connectivity index is 3.24. The highest BCUT2D eigenvalue weighted by atomic mass is 19.1. The van der Waals surface area contributed by atoms with Crippen LogP contribution in [0.15, 0.2) is 12.1 Å². The lowest BCUT2D eigenvalue weighted by Crippen LogP contribution is -2.00. The van der Waals surface area contributed by atoms with Crippen molar-refractivity contribution in [1.29, 1.82) is 0 Å². The van der Waals surface area contributed by atoms with E-state index in [1.165, 1.54) is 13.2 Å². The van der Waals surface area contributed by atoms with Crippen molar-refractivity contribution in [3.05, 3.63) is 23.5 Å². The Kier molecular flexibility index (Phi) is 2.50. The number of benzene rings is 1. The maximum absolute atomic E-state index is 12.7. The standard InChI is InChI=1S/C8H10FNO2/c1-12-8-3-5(9)2-7(11)6(8)4-10/h2-3,11H,4,10H2,1H3. The highest BCUT2D eigenvalue weighted by molar-refractivity contribution is 5.44. The molecule has 0 aliphatic carbocycles. The van der Waals surface area contributed by atoms with E-state index in [1.54, 1.807) is 0 Å². The summed E-state index contributed by atoms with van der Waals surface area (Å²) in [6, 6.07) is 2.19. The summed E-state index contributed by atoms with van der Waals surface area (Å²) in [5, 5.41) is 9.20. The van der Waals surface area contributed by atoms with Crippen LogP contribution in [-0.4, -0.2) is 12.2 Å². The Morgan fingerprint density at radius 3 is 2.75 bits per heavy atom. The molecule has 0 heterocycles. The van der Waals surface area contributed by atoms with Crippen LogP contribution in [-0.2, 0) is 6.54 Å². The summed E-state index contributed by atoms with van der Waals surface area (Å²) in [7, 11) is 1.40. The third kappa shape index (κ3) is 1.48. The molecule has 12 heavy (non-hydrogen) atoms. The van der Waals surface area contributed by atoms with E-state index in [-0.39, 0.29) is 18.0 Å². The van der Waals surface area contributed by atoms with Crippen LogP contribution in [0, 0.1) is 5.82 Å². The van der Waals surface area contributed by atoms with Crippen LogP contribution >= 0.6 is 0 Å². The average molecular weight is 171 g/mol. The van der Waals surface area contributed by atoms with E-state index in [4.69, 9.17) is 10.5 Å². The second kappa shape index (κ2) is 3.40. The van der Waals surface area contributed by atoms with Gasteiger partial charge in [-0.2, -0.15) is 0 Å². The number of rotatable bonds is 2. The highest BCUT2D eigenvalue weighted by Gasteiger charge is 2.08. The zero-order valence-electron chi connectivity index (χ0n) is 6.67. The number of halogens is 1. The van der Waals surface area contributed by atoms with E-state index in [0.717, 1.165) is 6.07 Å². The van der Waals surface area contributed by atoms with Gasteiger partial charge < -0.3 is 15.6 Å². The molecule has 0 saturated heterocycles. The van der Waals surface area contributed by atoms with Gasteiger partial charge in [-0.15, -0.1) is 0 Å². The molecule has 0 fully saturated rings. The molecule has 0 radical (unpaired) electrons. The molecule has 0 saturated carbocycles. The van der Waals surface area contributed by atoms with Crippen molar-refractivity contribution < 1.29 is 14.2 Å². The topological polar surface area (TPSA) is 55.5 Å². The van der Waals surface area contributed by atoms with Gasteiger partial charge in [0, 0.05) is 24.2 Å². The van der Waals surface area contributed by atoms with Crippen LogP contribution < -0.4 is 10.5 Å². The van der Waals surface area contributed by atoms with Gasteiger partial charge in [0.25, 0.3) is 0 Å². The smallest absolute Gasteiger partial charge is 0.130 e. The van der Waals surface area contributed by atoms with E-state index in [0.29, 0.717) is 5.56 Å². The summed E-state index contributed by atoms with van der Waals surface area (Å²) in [6.45, 7) is 0.120. The normalized spacial score (nSPS) is 9.92. The van der Waals surface area contributed by atoms with Gasteiger partial charge in [0.05, 0.1) is 7.11 Å². The molecule has 3 nitrogen and oxygen atoms in total. The Morgan fingerprint density at radius 1 is 1.58 bits per heavy atom.